The molecule has 102 valence electrons. The molecule has 2 rings (SSSR count). The van der Waals surface area contributed by atoms with E-state index in [-0.39, 0.29) is 0 Å². The van der Waals surface area contributed by atoms with E-state index in [2.05, 4.69) is 27.3 Å². The molecular formula is C13H18ClN5. The van der Waals surface area contributed by atoms with Crippen LogP contribution in [0.2, 0.25) is 5.15 Å². The molecule has 0 amide bonds. The van der Waals surface area contributed by atoms with Crippen LogP contribution in [0.15, 0.2) is 12.5 Å². The van der Waals surface area contributed by atoms with Crippen LogP contribution in [0, 0.1) is 6.92 Å². The molecule has 0 fully saturated rings. The van der Waals surface area contributed by atoms with Gasteiger partial charge in [-0.25, -0.2) is 9.97 Å². The van der Waals surface area contributed by atoms with E-state index in [4.69, 9.17) is 11.6 Å². The van der Waals surface area contributed by atoms with E-state index in [9.17, 15) is 0 Å². The molecule has 2 aromatic heterocycles. The quantitative estimate of drug-likeness (QED) is 0.855. The minimum atomic E-state index is 0.530. The minimum Gasteiger partial charge on any atom is -0.365 e. The van der Waals surface area contributed by atoms with Crippen molar-refractivity contribution in [3.05, 3.63) is 34.5 Å². The van der Waals surface area contributed by atoms with Crippen molar-refractivity contribution in [3.63, 3.8) is 0 Å². The predicted octanol–water partition coefficient (Wildman–Crippen LogP) is 2.74. The summed E-state index contributed by atoms with van der Waals surface area (Å²) in [7, 11) is 1.93. The molecule has 0 saturated carbocycles. The second kappa shape index (κ2) is 6.02. The van der Waals surface area contributed by atoms with Crippen LogP contribution in [0.25, 0.3) is 0 Å². The maximum Gasteiger partial charge on any atom is 0.137 e. The van der Waals surface area contributed by atoms with E-state index >= 15 is 0 Å². The first kappa shape index (κ1) is 13.8. The Labute approximate surface area is 118 Å². The summed E-state index contributed by atoms with van der Waals surface area (Å²) in [4.78, 5) is 8.31. The van der Waals surface area contributed by atoms with E-state index in [0.717, 1.165) is 35.5 Å². The number of hydrogen-bond donors (Lipinski definition) is 1. The third kappa shape index (κ3) is 3.04. The van der Waals surface area contributed by atoms with Crippen LogP contribution in [0.4, 0.5) is 5.82 Å². The normalized spacial score (nSPS) is 10.7. The lowest BCUT2D eigenvalue weighted by atomic mass is 10.2. The highest BCUT2D eigenvalue weighted by Crippen LogP contribution is 2.22. The van der Waals surface area contributed by atoms with Crippen molar-refractivity contribution in [2.75, 3.05) is 5.32 Å². The van der Waals surface area contributed by atoms with E-state index in [1.807, 2.05) is 24.9 Å². The Morgan fingerprint density at radius 2 is 2.16 bits per heavy atom. The topological polar surface area (TPSA) is 55.6 Å². The number of aryl methyl sites for hydroxylation is 1. The zero-order chi connectivity index (χ0) is 13.8. The molecule has 0 spiro atoms. The lowest BCUT2D eigenvalue weighted by Crippen LogP contribution is -2.07. The van der Waals surface area contributed by atoms with Gasteiger partial charge in [-0.3, -0.25) is 4.68 Å². The van der Waals surface area contributed by atoms with Crippen molar-refractivity contribution in [2.45, 2.75) is 33.2 Å². The van der Waals surface area contributed by atoms with Crippen LogP contribution >= 0.6 is 11.6 Å². The van der Waals surface area contributed by atoms with Crippen molar-refractivity contribution in [1.82, 2.24) is 19.7 Å². The van der Waals surface area contributed by atoms with Gasteiger partial charge in [0.1, 0.15) is 17.3 Å². The number of nitrogens with one attached hydrogen (secondary N) is 1. The first-order chi connectivity index (χ1) is 9.13. The fourth-order valence-electron chi connectivity index (χ4n) is 1.91. The SMILES string of the molecule is CCCc1c(Cl)ncnc1NCc1cnn(C)c1C. The summed E-state index contributed by atoms with van der Waals surface area (Å²) in [5.41, 5.74) is 3.28. The number of halogens is 1. The molecule has 0 radical (unpaired) electrons. The second-order valence-corrected chi connectivity index (χ2v) is 4.83. The fourth-order valence-corrected chi connectivity index (χ4v) is 2.14. The molecule has 1 N–H and O–H groups in total. The average Bonchev–Trinajstić information content (AvgIpc) is 2.71. The van der Waals surface area contributed by atoms with Gasteiger partial charge in [0.25, 0.3) is 0 Å². The molecule has 2 heterocycles. The van der Waals surface area contributed by atoms with Gasteiger partial charge in [-0.2, -0.15) is 5.10 Å². The Bertz CT molecular complexity index is 564. The largest absolute Gasteiger partial charge is 0.365 e. The number of anilines is 1. The summed E-state index contributed by atoms with van der Waals surface area (Å²) >= 11 is 6.12. The zero-order valence-electron chi connectivity index (χ0n) is 11.4. The summed E-state index contributed by atoms with van der Waals surface area (Å²) in [6.45, 7) is 4.84. The van der Waals surface area contributed by atoms with E-state index in [1.54, 1.807) is 0 Å². The first-order valence-electron chi connectivity index (χ1n) is 6.34. The van der Waals surface area contributed by atoms with Crippen molar-refractivity contribution in [1.29, 1.82) is 0 Å². The maximum absolute atomic E-state index is 6.12. The summed E-state index contributed by atoms with van der Waals surface area (Å²) < 4.78 is 1.86. The number of hydrogen-bond acceptors (Lipinski definition) is 4. The summed E-state index contributed by atoms with van der Waals surface area (Å²) in [5, 5.41) is 8.07. The van der Waals surface area contributed by atoms with Crippen molar-refractivity contribution < 1.29 is 0 Å². The number of nitrogens with zero attached hydrogens (tertiary/aromatic N) is 4. The lowest BCUT2D eigenvalue weighted by molar-refractivity contribution is 0.738. The molecule has 0 aromatic carbocycles. The Balaban J connectivity index is 2.15. The molecule has 0 atom stereocenters. The standard InChI is InChI=1S/C13H18ClN5/c1-4-5-11-12(14)16-8-17-13(11)15-6-10-7-18-19(3)9(10)2/h7-8H,4-6H2,1-3H3,(H,15,16,17). The van der Waals surface area contributed by atoms with Crippen LogP contribution in [-0.2, 0) is 20.0 Å². The lowest BCUT2D eigenvalue weighted by Gasteiger charge is -2.11. The van der Waals surface area contributed by atoms with Gasteiger partial charge in [0.2, 0.25) is 0 Å². The molecule has 0 aliphatic heterocycles. The Morgan fingerprint density at radius 1 is 1.37 bits per heavy atom. The highest BCUT2D eigenvalue weighted by Gasteiger charge is 2.10. The highest BCUT2D eigenvalue weighted by molar-refractivity contribution is 6.30. The third-order valence-electron chi connectivity index (χ3n) is 3.18. The first-order valence-corrected chi connectivity index (χ1v) is 6.72. The minimum absolute atomic E-state index is 0.530. The molecule has 0 bridgehead atoms. The van der Waals surface area contributed by atoms with Crippen LogP contribution < -0.4 is 5.32 Å². The molecular weight excluding hydrogens is 262 g/mol. The van der Waals surface area contributed by atoms with Gasteiger partial charge in [-0.05, 0) is 13.3 Å². The van der Waals surface area contributed by atoms with Crippen LogP contribution in [0.1, 0.15) is 30.2 Å². The third-order valence-corrected chi connectivity index (χ3v) is 3.50. The average molecular weight is 280 g/mol. The van der Waals surface area contributed by atoms with Crippen LogP contribution in [0.5, 0.6) is 0 Å². The van der Waals surface area contributed by atoms with Gasteiger partial charge in [0.15, 0.2) is 0 Å². The smallest absolute Gasteiger partial charge is 0.137 e. The van der Waals surface area contributed by atoms with Crippen molar-refractivity contribution in [2.24, 2.45) is 7.05 Å². The van der Waals surface area contributed by atoms with Gasteiger partial charge in [0.05, 0.1) is 6.20 Å². The van der Waals surface area contributed by atoms with E-state index in [1.165, 1.54) is 6.33 Å². The zero-order valence-corrected chi connectivity index (χ0v) is 12.2. The van der Waals surface area contributed by atoms with E-state index in [0.29, 0.717) is 11.7 Å². The molecule has 0 aliphatic rings. The van der Waals surface area contributed by atoms with Crippen LogP contribution in [0.3, 0.4) is 0 Å². The van der Waals surface area contributed by atoms with Crippen LogP contribution in [-0.4, -0.2) is 19.7 Å². The Hall–Kier alpha value is -1.62. The molecule has 2 aromatic rings. The summed E-state index contributed by atoms with van der Waals surface area (Å²) in [6.07, 6.45) is 5.23. The van der Waals surface area contributed by atoms with Crippen molar-refractivity contribution >= 4 is 17.4 Å². The Morgan fingerprint density at radius 3 is 2.79 bits per heavy atom. The van der Waals surface area contributed by atoms with Gasteiger partial charge in [0, 0.05) is 30.4 Å². The monoisotopic (exact) mass is 279 g/mol. The molecule has 19 heavy (non-hydrogen) atoms. The maximum atomic E-state index is 6.12. The number of aromatic nitrogens is 4. The van der Waals surface area contributed by atoms with E-state index < -0.39 is 0 Å². The molecule has 0 unspecified atom stereocenters. The van der Waals surface area contributed by atoms with Gasteiger partial charge >= 0.3 is 0 Å². The van der Waals surface area contributed by atoms with Gasteiger partial charge in [-0.15, -0.1) is 0 Å². The Kier molecular flexibility index (Phi) is 4.37. The fraction of sp³-hybridized carbons (Fsp3) is 0.462. The highest BCUT2D eigenvalue weighted by atomic mass is 35.5. The molecule has 6 heteroatoms. The van der Waals surface area contributed by atoms with Crippen molar-refractivity contribution in [3.8, 4) is 0 Å². The van der Waals surface area contributed by atoms with Gasteiger partial charge < -0.3 is 5.32 Å². The summed E-state index contributed by atoms with van der Waals surface area (Å²) in [6, 6.07) is 0. The van der Waals surface area contributed by atoms with Gasteiger partial charge in [-0.1, -0.05) is 24.9 Å². The molecule has 0 aliphatic carbocycles. The number of rotatable bonds is 5. The second-order valence-electron chi connectivity index (χ2n) is 4.47. The molecule has 0 saturated heterocycles. The summed E-state index contributed by atoms with van der Waals surface area (Å²) in [5.74, 6) is 0.810. The predicted molar refractivity (Wildman–Crippen MR) is 76.3 cm³/mol. The molecule has 5 nitrogen and oxygen atoms in total.